The number of phenols is 1. The minimum absolute atomic E-state index is 0.00288. The van der Waals surface area contributed by atoms with Crippen molar-refractivity contribution in [2.45, 2.75) is 158 Å². The van der Waals surface area contributed by atoms with Crippen molar-refractivity contribution in [1.29, 1.82) is 0 Å². The molecule has 0 spiro atoms. The van der Waals surface area contributed by atoms with Crippen molar-refractivity contribution in [3.8, 4) is 5.75 Å². The van der Waals surface area contributed by atoms with Crippen LogP contribution in [0, 0.1) is 11.8 Å². The van der Waals surface area contributed by atoms with E-state index in [-0.39, 0.29) is 87.1 Å². The van der Waals surface area contributed by atoms with Crippen LogP contribution in [0.15, 0.2) is 36.8 Å². The summed E-state index contributed by atoms with van der Waals surface area (Å²) >= 11 is 0. The van der Waals surface area contributed by atoms with Crippen molar-refractivity contribution in [2.75, 3.05) is 49.2 Å². The van der Waals surface area contributed by atoms with Crippen molar-refractivity contribution in [2.24, 2.45) is 17.6 Å². The molecule has 13 amide bonds. The van der Waals surface area contributed by atoms with E-state index < -0.39 is 180 Å². The minimum atomic E-state index is -1.71. The molecule has 33 nitrogen and oxygen atoms in total. The van der Waals surface area contributed by atoms with E-state index in [4.69, 9.17) is 5.73 Å². The molecule has 4 fully saturated rings. The topological polar surface area (TPSA) is 502 Å². The summed E-state index contributed by atoms with van der Waals surface area (Å²) in [6.07, 6.45) is 1.53. The molecule has 522 valence electrons. The fraction of sp³-hybridized carbons (Fsp3) is 0.603. The highest BCUT2D eigenvalue weighted by molar-refractivity contribution is 8.77. The molecular weight excluding hydrogens is 1320 g/mol. The number of imidazole rings is 1. The van der Waals surface area contributed by atoms with Crippen molar-refractivity contribution < 1.29 is 82.4 Å². The van der Waals surface area contributed by atoms with Gasteiger partial charge in [-0.2, -0.15) is 0 Å². The van der Waals surface area contributed by atoms with Crippen molar-refractivity contribution in [3.63, 3.8) is 0 Å². The standard InChI is InChI=1S/C58H84N16O17S4/c1-28(2)17-35-51(83)70-39-24-93-92-23-38(49(81)62-21-44(78)65-36(18-30-8-10-32(75)11-9-30)52(84)66-33(50(82)67-35)7-5-6-15-59)69-54(86)40(71-55(87)46(29(3)4)73-45(79)22-61-48(80)34-12-13-43(77)64-34)25-94-95-26-41(58(90)91)72-56(88)47-42(76)14-16-74(47)57(89)37(68-53(39)85)19-31-20-60-27-63-31/h8-11,20,27-29,33-42,46-47,75-76H,5-7,12-19,21-26,59H2,1-4H3,(H,60,63)(H,61,80)(H,62,81)(H,64,77)(H,65,78)(H,66,84)(H,67,82)(H,68,85)(H,69,86)(H,70,83)(H,71,87)(H,72,88)(H,73,79)(H,90,91)/t33-,34-,35-,36-,37-,38+,39+,40-,41-,42-,46-,47-/m0/s1. The maximum absolute atomic E-state index is 15.0. The quantitative estimate of drug-likeness (QED) is 0.0494. The van der Waals surface area contributed by atoms with Crippen LogP contribution in [0.5, 0.6) is 5.75 Å². The van der Waals surface area contributed by atoms with Crippen molar-refractivity contribution >= 4 is 126 Å². The van der Waals surface area contributed by atoms with Gasteiger partial charge in [-0.3, -0.25) is 62.3 Å². The molecule has 1 aromatic heterocycles. The number of nitrogens with one attached hydrogen (secondary N) is 13. The Morgan fingerprint density at radius 3 is 1.97 bits per heavy atom. The zero-order chi connectivity index (χ0) is 69.5. The van der Waals surface area contributed by atoms with Crippen LogP contribution in [0.2, 0.25) is 0 Å². The van der Waals surface area contributed by atoms with Crippen molar-refractivity contribution in [3.05, 3.63) is 48.0 Å². The Morgan fingerprint density at radius 1 is 0.684 bits per heavy atom. The van der Waals surface area contributed by atoms with Gasteiger partial charge in [0.2, 0.25) is 76.8 Å². The normalized spacial score (nSPS) is 26.4. The van der Waals surface area contributed by atoms with Crippen LogP contribution in [-0.4, -0.2) is 235 Å². The fourth-order valence-electron chi connectivity index (χ4n) is 10.4. The first-order chi connectivity index (χ1) is 45.2. The first-order valence-corrected chi connectivity index (χ1v) is 35.9. The molecule has 6 rings (SSSR count). The molecule has 37 heteroatoms. The molecule has 0 aliphatic carbocycles. The zero-order valence-electron chi connectivity index (χ0n) is 52.7. The number of carbonyl (C=O) groups excluding carboxylic acids is 13. The van der Waals surface area contributed by atoms with Gasteiger partial charge in [0.25, 0.3) is 0 Å². The van der Waals surface area contributed by atoms with E-state index in [1.807, 2.05) is 0 Å². The summed E-state index contributed by atoms with van der Waals surface area (Å²) in [4.78, 5) is 204. The van der Waals surface area contributed by atoms with Gasteiger partial charge in [0.1, 0.15) is 72.2 Å². The van der Waals surface area contributed by atoms with Gasteiger partial charge < -0.3 is 94.7 Å². The zero-order valence-corrected chi connectivity index (χ0v) is 56.0. The summed E-state index contributed by atoms with van der Waals surface area (Å²) in [6.45, 7) is 5.24. The Morgan fingerprint density at radius 2 is 1.33 bits per heavy atom. The molecule has 0 saturated carbocycles. The molecule has 2 bridgehead atoms. The smallest absolute Gasteiger partial charge is 0.327 e. The fourth-order valence-corrected chi connectivity index (χ4v) is 15.0. The first kappa shape index (κ1) is 76.2. The van der Waals surface area contributed by atoms with E-state index >= 15 is 0 Å². The second kappa shape index (κ2) is 37.4. The molecule has 2 aromatic rings. The number of nitrogens with zero attached hydrogens (tertiary/aromatic N) is 2. The van der Waals surface area contributed by atoms with E-state index in [2.05, 4.69) is 73.8 Å². The summed E-state index contributed by atoms with van der Waals surface area (Å²) in [5.41, 5.74) is 6.59. The number of aliphatic hydroxyl groups excluding tert-OH is 1. The Labute approximate surface area is 562 Å². The molecule has 0 radical (unpaired) electrons. The monoisotopic (exact) mass is 1400 g/mol. The summed E-state index contributed by atoms with van der Waals surface area (Å²) in [6, 6.07) is -10.5. The number of aromatic hydroxyl groups is 1. The van der Waals surface area contributed by atoms with Crippen molar-refractivity contribution in [1.82, 2.24) is 78.7 Å². The van der Waals surface area contributed by atoms with E-state index in [1.54, 1.807) is 27.7 Å². The van der Waals surface area contributed by atoms with Gasteiger partial charge in [0.15, 0.2) is 0 Å². The highest BCUT2D eigenvalue weighted by atomic mass is 33.1. The van der Waals surface area contributed by atoms with E-state index in [0.717, 1.165) is 48.1 Å². The van der Waals surface area contributed by atoms with E-state index in [0.29, 0.717) is 24.1 Å². The van der Waals surface area contributed by atoms with Gasteiger partial charge in [-0.1, -0.05) is 83.0 Å². The van der Waals surface area contributed by atoms with Crippen LogP contribution in [0.4, 0.5) is 0 Å². The number of amides is 13. The highest BCUT2D eigenvalue weighted by Crippen LogP contribution is 2.27. The average molecular weight is 1410 g/mol. The Hall–Kier alpha value is -7.87. The lowest BCUT2D eigenvalue weighted by molar-refractivity contribution is -0.146. The number of fused-ring (bicyclic) bond motifs is 6. The van der Waals surface area contributed by atoms with Crippen LogP contribution in [-0.2, 0) is 80.0 Å². The number of aliphatic carboxylic acids is 1. The van der Waals surface area contributed by atoms with Gasteiger partial charge in [-0.25, -0.2) is 9.78 Å². The Balaban J connectivity index is 1.41. The third-order valence-corrected chi connectivity index (χ3v) is 20.3. The number of carbonyl (C=O) groups is 14. The van der Waals surface area contributed by atoms with Gasteiger partial charge in [0, 0.05) is 60.7 Å². The highest BCUT2D eigenvalue weighted by Gasteiger charge is 2.45. The molecule has 4 saturated heterocycles. The van der Waals surface area contributed by atoms with Crippen LogP contribution < -0.4 is 69.5 Å². The number of carboxylic acid groups (broad SMARTS) is 1. The SMILES string of the molecule is CC(C)C[C@@H]1NC(=O)[C@H](CCCCN)NC(=O)[C@H](Cc2ccc(O)cc2)NC(=O)CNC(=O)[C@H]2CSSC[C@@H](NC1=O)C(=O)N[C@@H](Cc1cnc[nH]1)C(=O)N1CC[C@H](O)[C@H]1C(=O)N[C@H](C(=O)O)CSSC[C@H](NC(=O)[C@@H](NC(=O)CNC(=O)[C@@H]1CCC(=O)N1)C(C)C)C(=O)N2. The summed E-state index contributed by atoms with van der Waals surface area (Å²) < 4.78 is 0. The molecular formula is C58H84N16O17S4. The second-order valence-corrected chi connectivity index (χ2v) is 28.9. The second-order valence-electron chi connectivity index (χ2n) is 23.8. The third kappa shape index (κ3) is 23.8. The number of benzene rings is 1. The Bertz CT molecular complexity index is 3080. The van der Waals surface area contributed by atoms with Gasteiger partial charge in [-0.05, 0) is 74.6 Å². The maximum Gasteiger partial charge on any atom is 0.327 e. The lowest BCUT2D eigenvalue weighted by atomic mass is 10.0. The molecule has 4 aliphatic heterocycles. The predicted octanol–water partition coefficient (Wildman–Crippen LogP) is -4.56. The summed E-state index contributed by atoms with van der Waals surface area (Å²) in [5, 5.41) is 62.6. The van der Waals surface area contributed by atoms with Crippen LogP contribution >= 0.6 is 43.2 Å². The molecule has 1 aromatic carbocycles. The first-order valence-electron chi connectivity index (χ1n) is 30.9. The molecule has 12 atom stereocenters. The number of hydrogen-bond acceptors (Lipinski definition) is 22. The molecule has 4 aliphatic rings. The minimum Gasteiger partial charge on any atom is -0.508 e. The van der Waals surface area contributed by atoms with Gasteiger partial charge >= 0.3 is 5.97 Å². The van der Waals surface area contributed by atoms with E-state index in [9.17, 15) is 82.4 Å². The van der Waals surface area contributed by atoms with Gasteiger partial charge in [-0.15, -0.1) is 0 Å². The number of carboxylic acids is 1. The summed E-state index contributed by atoms with van der Waals surface area (Å²) in [7, 11) is 3.48. The largest absolute Gasteiger partial charge is 0.508 e. The van der Waals surface area contributed by atoms with E-state index in [1.165, 1.54) is 36.8 Å². The number of aromatic amines is 1. The molecule has 0 unspecified atom stereocenters. The summed E-state index contributed by atoms with van der Waals surface area (Å²) in [5.74, 6) is -15.4. The van der Waals surface area contributed by atoms with Crippen LogP contribution in [0.25, 0.3) is 0 Å². The number of unbranched alkanes of at least 4 members (excludes halogenated alkanes) is 1. The number of phenolic OH excluding ortho intramolecular Hbond substituents is 1. The van der Waals surface area contributed by atoms with Gasteiger partial charge in [0.05, 0.1) is 25.5 Å². The lowest BCUT2D eigenvalue weighted by Crippen LogP contribution is -2.61. The molecule has 18 N–H and O–H groups in total. The predicted molar refractivity (Wildman–Crippen MR) is 349 cm³/mol. The van der Waals surface area contributed by atoms with Crippen LogP contribution in [0.3, 0.4) is 0 Å². The third-order valence-electron chi connectivity index (χ3n) is 15.5. The number of rotatable bonds is 18. The number of hydrogen-bond donors (Lipinski definition) is 17. The molecule has 95 heavy (non-hydrogen) atoms. The Kier molecular flexibility index (Phi) is 30.0. The number of H-pyrrole nitrogens is 1. The lowest BCUT2D eigenvalue weighted by Gasteiger charge is -2.31. The number of aromatic nitrogens is 2. The number of nitrogens with two attached hydrogens (primary N) is 1. The van der Waals surface area contributed by atoms with Crippen LogP contribution in [0.1, 0.15) is 83.9 Å². The average Bonchev–Trinajstić information content (AvgIpc) is 1.73. The number of aliphatic hydroxyl groups is 1. The molecule has 5 heterocycles. The maximum atomic E-state index is 15.0.